The summed E-state index contributed by atoms with van der Waals surface area (Å²) in [5.74, 6) is 0.221. The van der Waals surface area contributed by atoms with Crippen molar-refractivity contribution in [1.82, 2.24) is 14.8 Å². The molecule has 0 aliphatic carbocycles. The lowest BCUT2D eigenvalue weighted by molar-refractivity contribution is -0.526. The van der Waals surface area contributed by atoms with Gasteiger partial charge in [-0.3, -0.25) is 19.9 Å². The molecule has 0 saturated carbocycles. The Morgan fingerprint density at radius 2 is 1.65 bits per heavy atom. The first kappa shape index (κ1) is 27.7. The average Bonchev–Trinajstić information content (AvgIpc) is 3.49. The Kier molecular flexibility index (Phi) is 8.72. The molecular weight excluding hydrogens is 522 g/mol. The van der Waals surface area contributed by atoms with E-state index in [4.69, 9.17) is 17.0 Å². The van der Waals surface area contributed by atoms with E-state index >= 15 is 0 Å². The number of allylic oxidation sites excluding steroid dienone is 1. The topological polar surface area (TPSA) is 94.0 Å². The number of quaternary nitrogens is 1. The van der Waals surface area contributed by atoms with Crippen molar-refractivity contribution in [3.63, 3.8) is 0 Å². The molecule has 2 aliphatic heterocycles. The van der Waals surface area contributed by atoms with Crippen molar-refractivity contribution in [2.45, 2.75) is 32.1 Å². The zero-order valence-corrected chi connectivity index (χ0v) is 23.5. The number of halogens is 1. The lowest BCUT2D eigenvalue weighted by atomic mass is 9.89. The van der Waals surface area contributed by atoms with Gasteiger partial charge in [-0.05, 0) is 56.0 Å². The number of hydrogen-bond donors (Lipinski definition) is 2. The van der Waals surface area contributed by atoms with E-state index in [2.05, 4.69) is 17.1 Å². The Morgan fingerprint density at radius 3 is 2.30 bits per heavy atom. The van der Waals surface area contributed by atoms with Crippen LogP contribution in [-0.4, -0.2) is 59.0 Å². The summed E-state index contributed by atoms with van der Waals surface area (Å²) in [6, 6.07) is 21.5. The van der Waals surface area contributed by atoms with Crippen LogP contribution in [0.1, 0.15) is 46.8 Å². The molecule has 2 aliphatic rings. The van der Waals surface area contributed by atoms with Gasteiger partial charge in [0.15, 0.2) is 0 Å². The minimum absolute atomic E-state index is 0.0227. The van der Waals surface area contributed by atoms with E-state index in [0.717, 1.165) is 23.5 Å². The highest BCUT2D eigenvalue weighted by Gasteiger charge is 2.35. The van der Waals surface area contributed by atoms with Crippen LogP contribution >= 0.6 is 11.6 Å². The van der Waals surface area contributed by atoms with Gasteiger partial charge in [0.2, 0.25) is 0 Å². The Morgan fingerprint density at radius 1 is 0.950 bits per heavy atom. The summed E-state index contributed by atoms with van der Waals surface area (Å²) in [5.41, 5.74) is 4.92. The van der Waals surface area contributed by atoms with Gasteiger partial charge in [0.05, 0.1) is 5.56 Å². The minimum Gasteiger partial charge on any atom is -0.339 e. The van der Waals surface area contributed by atoms with Crippen molar-refractivity contribution in [3.8, 4) is 0 Å². The SMILES string of the molecule is Cc1ccc(C(=O)N2CCC(/C([NH2+]c3ccc(Cl)cc3)=C(/C=N)C(=O)N3CC[C@H](c4ccccc4)C3)CC2)cn1. The number of nitrogens with one attached hydrogen (secondary N) is 1. The van der Waals surface area contributed by atoms with E-state index in [1.807, 2.05) is 76.6 Å². The second-order valence-corrected chi connectivity index (χ2v) is 11.0. The van der Waals surface area contributed by atoms with Crippen molar-refractivity contribution >= 4 is 35.3 Å². The van der Waals surface area contributed by atoms with Gasteiger partial charge in [0, 0.05) is 73.3 Å². The molecular formula is C32H35ClN5O2+. The maximum absolute atomic E-state index is 13.9. The molecule has 40 heavy (non-hydrogen) atoms. The molecule has 2 fully saturated rings. The van der Waals surface area contributed by atoms with Crippen LogP contribution in [0.15, 0.2) is 84.2 Å². The van der Waals surface area contributed by atoms with Gasteiger partial charge < -0.3 is 15.2 Å². The first-order chi connectivity index (χ1) is 19.4. The van der Waals surface area contributed by atoms with Gasteiger partial charge in [-0.1, -0.05) is 41.9 Å². The third-order valence-electron chi connectivity index (χ3n) is 8.00. The Bertz CT molecular complexity index is 1380. The van der Waals surface area contributed by atoms with Crippen LogP contribution in [0.25, 0.3) is 0 Å². The average molecular weight is 557 g/mol. The molecule has 1 atom stereocenters. The van der Waals surface area contributed by atoms with Crippen LogP contribution < -0.4 is 5.32 Å². The maximum Gasteiger partial charge on any atom is 0.261 e. The summed E-state index contributed by atoms with van der Waals surface area (Å²) in [5, 5.41) is 11.0. The number of aromatic nitrogens is 1. The van der Waals surface area contributed by atoms with Crippen molar-refractivity contribution in [3.05, 3.63) is 106 Å². The zero-order chi connectivity index (χ0) is 28.1. The number of benzene rings is 2. The summed E-state index contributed by atoms with van der Waals surface area (Å²) in [6.07, 6.45) is 5.18. The largest absolute Gasteiger partial charge is 0.339 e. The van der Waals surface area contributed by atoms with Crippen molar-refractivity contribution in [1.29, 1.82) is 5.41 Å². The molecule has 2 amide bonds. The molecule has 0 radical (unpaired) electrons. The van der Waals surface area contributed by atoms with Gasteiger partial charge in [-0.2, -0.15) is 0 Å². The maximum atomic E-state index is 13.9. The van der Waals surface area contributed by atoms with Crippen molar-refractivity contribution in [2.75, 3.05) is 26.2 Å². The molecule has 3 N–H and O–H groups in total. The third kappa shape index (κ3) is 6.32. The highest BCUT2D eigenvalue weighted by Crippen LogP contribution is 2.30. The molecule has 3 aromatic rings. The summed E-state index contributed by atoms with van der Waals surface area (Å²) in [4.78, 5) is 35.0. The molecule has 7 nitrogen and oxygen atoms in total. The van der Waals surface area contributed by atoms with Gasteiger partial charge in [0.1, 0.15) is 17.0 Å². The number of hydrogen-bond acceptors (Lipinski definition) is 4. The van der Waals surface area contributed by atoms with Crippen molar-refractivity contribution < 1.29 is 14.9 Å². The smallest absolute Gasteiger partial charge is 0.261 e. The molecule has 8 heteroatoms. The summed E-state index contributed by atoms with van der Waals surface area (Å²) in [6.45, 7) is 4.37. The number of rotatable bonds is 7. The Hall–Kier alpha value is -3.81. The van der Waals surface area contributed by atoms with Gasteiger partial charge >= 0.3 is 0 Å². The van der Waals surface area contributed by atoms with E-state index in [1.165, 1.54) is 11.8 Å². The molecule has 206 valence electrons. The zero-order valence-electron chi connectivity index (χ0n) is 22.7. The fourth-order valence-electron chi connectivity index (χ4n) is 5.71. The highest BCUT2D eigenvalue weighted by molar-refractivity contribution is 6.30. The van der Waals surface area contributed by atoms with E-state index in [1.54, 1.807) is 6.20 Å². The van der Waals surface area contributed by atoms with Crippen LogP contribution in [0.5, 0.6) is 0 Å². The number of carbonyl (C=O) groups is 2. The van der Waals surface area contributed by atoms with Gasteiger partial charge in [0.25, 0.3) is 11.8 Å². The number of likely N-dealkylation sites (tertiary alicyclic amines) is 2. The van der Waals surface area contributed by atoms with Crippen molar-refractivity contribution in [2.24, 2.45) is 5.92 Å². The standard InChI is InChI=1S/C32H34ClN5O2/c1-22-7-8-25(20-35-22)31(39)37-16-13-24(14-17-37)30(36-28-11-9-27(33)10-12-28)29(19-34)32(40)38-18-15-26(21-38)23-5-3-2-4-6-23/h2-12,19-20,24,26,34,36H,13-18,21H2,1H3/p+1/b30-29+,34-19?/t26-/m0/s1. The molecule has 0 spiro atoms. The number of aryl methyl sites for hydroxylation is 1. The molecule has 0 bridgehead atoms. The Labute approximate surface area is 240 Å². The monoisotopic (exact) mass is 556 g/mol. The second-order valence-electron chi connectivity index (χ2n) is 10.6. The van der Waals surface area contributed by atoms with Crippen LogP contribution in [0.3, 0.4) is 0 Å². The highest BCUT2D eigenvalue weighted by atomic mass is 35.5. The predicted octanol–water partition coefficient (Wildman–Crippen LogP) is 4.71. The molecule has 2 aromatic carbocycles. The minimum atomic E-state index is -0.0992. The van der Waals surface area contributed by atoms with Gasteiger partial charge in [-0.25, -0.2) is 0 Å². The fourth-order valence-corrected chi connectivity index (χ4v) is 5.83. The number of amides is 2. The number of nitrogens with two attached hydrogens (primary N) is 1. The number of nitrogens with zero attached hydrogens (tertiary/aromatic N) is 3. The molecule has 3 heterocycles. The number of pyridine rings is 1. The molecule has 1 aromatic heterocycles. The van der Waals surface area contributed by atoms with E-state index in [0.29, 0.717) is 61.1 Å². The van der Waals surface area contributed by atoms with E-state index < -0.39 is 0 Å². The molecule has 5 rings (SSSR count). The first-order valence-electron chi connectivity index (χ1n) is 13.8. The second kappa shape index (κ2) is 12.6. The molecule has 0 unspecified atom stereocenters. The van der Waals surface area contributed by atoms with E-state index in [9.17, 15) is 9.59 Å². The number of carbonyl (C=O) groups excluding carboxylic acids is 2. The lowest BCUT2D eigenvalue weighted by Gasteiger charge is -2.32. The quantitative estimate of drug-likeness (QED) is 0.251. The third-order valence-corrected chi connectivity index (χ3v) is 8.26. The summed E-state index contributed by atoms with van der Waals surface area (Å²) in [7, 11) is 0. The fraction of sp³-hybridized carbons (Fsp3) is 0.312. The first-order valence-corrected chi connectivity index (χ1v) is 14.2. The van der Waals surface area contributed by atoms with E-state index in [-0.39, 0.29) is 17.7 Å². The van der Waals surface area contributed by atoms with Crippen LogP contribution in [0.4, 0.5) is 5.69 Å². The normalized spacial score (nSPS) is 18.4. The van der Waals surface area contributed by atoms with Crippen LogP contribution in [-0.2, 0) is 4.79 Å². The predicted molar refractivity (Wildman–Crippen MR) is 157 cm³/mol. The van der Waals surface area contributed by atoms with Crippen LogP contribution in [0.2, 0.25) is 5.02 Å². The Balaban J connectivity index is 1.37. The summed E-state index contributed by atoms with van der Waals surface area (Å²) >= 11 is 6.13. The lowest BCUT2D eigenvalue weighted by Crippen LogP contribution is -2.78. The molecule has 2 saturated heterocycles. The summed E-state index contributed by atoms with van der Waals surface area (Å²) < 4.78 is 0. The van der Waals surface area contributed by atoms with Crippen LogP contribution in [0, 0.1) is 18.3 Å². The van der Waals surface area contributed by atoms with Gasteiger partial charge in [-0.15, -0.1) is 0 Å². The number of piperidine rings is 1.